The molecule has 0 aliphatic rings. The molecule has 12 nitrogen and oxygen atoms in total. The highest BCUT2D eigenvalue weighted by Crippen LogP contribution is 2.19. The normalized spacial score (nSPS) is 17.8. The van der Waals surface area contributed by atoms with E-state index in [4.69, 9.17) is 29.0 Å². The lowest BCUT2D eigenvalue weighted by atomic mass is 10.2. The third kappa shape index (κ3) is 6.32. The van der Waals surface area contributed by atoms with E-state index in [9.17, 15) is 25.3 Å². The van der Waals surface area contributed by atoms with Crippen LogP contribution in [0.4, 0.5) is 0 Å². The maximum absolute atomic E-state index is 10.7. The van der Waals surface area contributed by atoms with Gasteiger partial charge in [-0.05, 0) is 0 Å². The van der Waals surface area contributed by atoms with Crippen LogP contribution >= 0.6 is 0 Å². The third-order valence-electron chi connectivity index (χ3n) is 2.03. The summed E-state index contributed by atoms with van der Waals surface area (Å²) in [5, 5.41) is 27.3. The summed E-state index contributed by atoms with van der Waals surface area (Å²) in [5.74, 6) is 0. The van der Waals surface area contributed by atoms with Crippen molar-refractivity contribution in [1.29, 1.82) is 0 Å². The quantitative estimate of drug-likeness (QED) is 0.193. The van der Waals surface area contributed by atoms with Crippen LogP contribution in [0.15, 0.2) is 11.6 Å². The number of aliphatic hydroxyl groups is 3. The standard InChI is InChI=1S/C6H12O12S3/c7-4(19(10,11)12)2-1-3(5(8)20(13,14)15)6(9)21(16,17)18/h1,4-9H,2H2,(H,10,11,12)(H,13,14,15)(H,16,17,18)/t4-,5+,6+/m0/s1. The van der Waals surface area contributed by atoms with Crippen LogP contribution in [-0.2, 0) is 30.4 Å². The molecule has 6 N–H and O–H groups in total. The van der Waals surface area contributed by atoms with Gasteiger partial charge in [0.05, 0.1) is 0 Å². The van der Waals surface area contributed by atoms with E-state index in [-0.39, 0.29) is 6.08 Å². The lowest BCUT2D eigenvalue weighted by molar-refractivity contribution is 0.204. The molecule has 0 aromatic carbocycles. The molecule has 0 spiro atoms. The topological polar surface area (TPSA) is 224 Å². The van der Waals surface area contributed by atoms with Crippen molar-refractivity contribution in [1.82, 2.24) is 0 Å². The number of aliphatic hydroxyl groups excluding tert-OH is 3. The largest absolute Gasteiger partial charge is 0.375 e. The lowest BCUT2D eigenvalue weighted by Gasteiger charge is -2.16. The Morgan fingerprint density at radius 1 is 0.762 bits per heavy atom. The Hall–Kier alpha value is -0.650. The Kier molecular flexibility index (Phi) is 6.42. The molecule has 21 heavy (non-hydrogen) atoms. The molecule has 0 bridgehead atoms. The predicted octanol–water partition coefficient (Wildman–Crippen LogP) is -3.08. The molecule has 0 rings (SSSR count). The molecule has 0 heterocycles. The van der Waals surface area contributed by atoms with Gasteiger partial charge in [-0.15, -0.1) is 0 Å². The fourth-order valence-electron chi connectivity index (χ4n) is 1.03. The van der Waals surface area contributed by atoms with E-state index in [1.165, 1.54) is 0 Å². The van der Waals surface area contributed by atoms with Crippen molar-refractivity contribution in [3.05, 3.63) is 11.6 Å². The van der Waals surface area contributed by atoms with Gasteiger partial charge in [0.1, 0.15) is 0 Å². The summed E-state index contributed by atoms with van der Waals surface area (Å²) in [6.45, 7) is 0. The number of hydrogen-bond acceptors (Lipinski definition) is 9. The van der Waals surface area contributed by atoms with Crippen molar-refractivity contribution < 1.29 is 54.2 Å². The van der Waals surface area contributed by atoms with Gasteiger partial charge in [0.2, 0.25) is 10.9 Å². The second-order valence-electron chi connectivity index (χ2n) is 3.64. The molecule has 15 heteroatoms. The number of rotatable bonds is 7. The Labute approximate surface area is 119 Å². The van der Waals surface area contributed by atoms with Gasteiger partial charge in [-0.2, -0.15) is 25.3 Å². The summed E-state index contributed by atoms with van der Waals surface area (Å²) in [4.78, 5) is 0. The van der Waals surface area contributed by atoms with E-state index in [0.29, 0.717) is 0 Å². The Morgan fingerprint density at radius 2 is 1.10 bits per heavy atom. The first-order valence-corrected chi connectivity index (χ1v) is 9.22. The molecule has 0 aliphatic heterocycles. The van der Waals surface area contributed by atoms with Crippen molar-refractivity contribution in [3.8, 4) is 0 Å². The Bertz CT molecular complexity index is 658. The summed E-state index contributed by atoms with van der Waals surface area (Å²) in [6, 6.07) is 0. The zero-order valence-corrected chi connectivity index (χ0v) is 12.3. The van der Waals surface area contributed by atoms with E-state index in [2.05, 4.69) is 0 Å². The zero-order valence-electron chi connectivity index (χ0n) is 9.87. The van der Waals surface area contributed by atoms with Crippen molar-refractivity contribution in [2.45, 2.75) is 22.7 Å². The van der Waals surface area contributed by atoms with Gasteiger partial charge in [0.15, 0.2) is 5.44 Å². The van der Waals surface area contributed by atoms with Gasteiger partial charge in [-0.3, -0.25) is 13.7 Å². The average Bonchev–Trinajstić information content (AvgIpc) is 2.24. The SMILES string of the molecule is O=S(=O)(O)[C@H](O)CC=C([C@H](O)S(=O)(=O)O)[C@H](O)S(=O)(=O)O. The van der Waals surface area contributed by atoms with E-state index >= 15 is 0 Å². The smallest absolute Gasteiger partial charge is 0.296 e. The van der Waals surface area contributed by atoms with Crippen LogP contribution in [0.1, 0.15) is 6.42 Å². The summed E-state index contributed by atoms with van der Waals surface area (Å²) in [6.07, 6.45) is -0.956. The molecular formula is C6H12O12S3. The van der Waals surface area contributed by atoms with Crippen molar-refractivity contribution in [2.75, 3.05) is 0 Å². The van der Waals surface area contributed by atoms with Gasteiger partial charge < -0.3 is 15.3 Å². The first kappa shape index (κ1) is 20.3. The summed E-state index contributed by atoms with van der Waals surface area (Å²) in [5.41, 5.74) is -10.0. The molecule has 126 valence electrons. The monoisotopic (exact) mass is 372 g/mol. The lowest BCUT2D eigenvalue weighted by Crippen LogP contribution is -2.34. The Morgan fingerprint density at radius 3 is 1.33 bits per heavy atom. The minimum absolute atomic E-state index is 0.204. The molecule has 0 saturated carbocycles. The van der Waals surface area contributed by atoms with Gasteiger partial charge in [-0.1, -0.05) is 6.08 Å². The van der Waals surface area contributed by atoms with Gasteiger partial charge in [0, 0.05) is 12.0 Å². The molecule has 0 unspecified atom stereocenters. The van der Waals surface area contributed by atoms with Crippen LogP contribution in [0.5, 0.6) is 0 Å². The summed E-state index contributed by atoms with van der Waals surface area (Å²) in [7, 11) is -15.7. The van der Waals surface area contributed by atoms with Gasteiger partial charge in [-0.25, -0.2) is 0 Å². The molecule has 0 aromatic heterocycles. The predicted molar refractivity (Wildman–Crippen MR) is 65.4 cm³/mol. The molecule has 0 aromatic rings. The highest BCUT2D eigenvalue weighted by atomic mass is 32.2. The molecule has 0 radical (unpaired) electrons. The minimum atomic E-state index is -5.33. The third-order valence-corrected chi connectivity index (χ3v) is 4.59. The minimum Gasteiger partial charge on any atom is -0.375 e. The van der Waals surface area contributed by atoms with Crippen LogP contribution in [0, 0.1) is 0 Å². The maximum Gasteiger partial charge on any atom is 0.296 e. The molecule has 0 saturated heterocycles. The van der Waals surface area contributed by atoms with Crippen LogP contribution in [0.3, 0.4) is 0 Å². The fraction of sp³-hybridized carbons (Fsp3) is 0.667. The van der Waals surface area contributed by atoms with Gasteiger partial charge >= 0.3 is 0 Å². The van der Waals surface area contributed by atoms with E-state index < -0.39 is 58.7 Å². The second-order valence-corrected chi connectivity index (χ2v) is 8.17. The van der Waals surface area contributed by atoms with Crippen LogP contribution in [-0.4, -0.2) is 70.5 Å². The van der Waals surface area contributed by atoms with Crippen LogP contribution in [0.2, 0.25) is 0 Å². The molecule has 0 amide bonds. The zero-order chi connectivity index (χ0) is 17.2. The summed E-state index contributed by atoms with van der Waals surface area (Å²) < 4.78 is 89.3. The molecule has 0 aliphatic carbocycles. The van der Waals surface area contributed by atoms with Gasteiger partial charge in [0.25, 0.3) is 30.4 Å². The first-order valence-electron chi connectivity index (χ1n) is 4.71. The second kappa shape index (κ2) is 6.63. The molecule has 3 atom stereocenters. The number of hydrogen-bond donors (Lipinski definition) is 6. The average molecular weight is 372 g/mol. The van der Waals surface area contributed by atoms with Crippen LogP contribution in [0.25, 0.3) is 0 Å². The highest BCUT2D eigenvalue weighted by molar-refractivity contribution is 7.87. The first-order chi connectivity index (χ1) is 9.08. The van der Waals surface area contributed by atoms with E-state index in [0.717, 1.165) is 0 Å². The highest BCUT2D eigenvalue weighted by Gasteiger charge is 2.35. The molecular weight excluding hydrogens is 360 g/mol. The van der Waals surface area contributed by atoms with Crippen molar-refractivity contribution >= 4 is 30.4 Å². The molecule has 0 fully saturated rings. The van der Waals surface area contributed by atoms with Crippen LogP contribution < -0.4 is 0 Å². The maximum atomic E-state index is 10.7. The van der Waals surface area contributed by atoms with Crippen molar-refractivity contribution in [2.24, 2.45) is 0 Å². The fourth-order valence-corrected chi connectivity index (χ4v) is 2.59. The van der Waals surface area contributed by atoms with E-state index in [1.807, 2.05) is 0 Å². The van der Waals surface area contributed by atoms with E-state index in [1.54, 1.807) is 0 Å². The summed E-state index contributed by atoms with van der Waals surface area (Å²) >= 11 is 0. The Balaban J connectivity index is 5.75. The van der Waals surface area contributed by atoms with Crippen molar-refractivity contribution in [3.63, 3.8) is 0 Å².